The van der Waals surface area contributed by atoms with Crippen molar-refractivity contribution in [3.8, 4) is 5.75 Å². The zero-order valence-electron chi connectivity index (χ0n) is 14.1. The lowest BCUT2D eigenvalue weighted by Crippen LogP contribution is -2.40. The first kappa shape index (κ1) is 16.1. The van der Waals surface area contributed by atoms with E-state index in [0.717, 1.165) is 31.4 Å². The van der Waals surface area contributed by atoms with Crippen molar-refractivity contribution in [2.24, 2.45) is 11.8 Å². The minimum absolute atomic E-state index is 0.0776. The minimum Gasteiger partial charge on any atom is -0.490 e. The number of anilines is 1. The molecule has 1 aliphatic carbocycles. The number of para-hydroxylation sites is 2. The van der Waals surface area contributed by atoms with Gasteiger partial charge in [0.2, 0.25) is 17.7 Å². The Morgan fingerprint density at radius 2 is 1.76 bits per heavy atom. The largest absolute Gasteiger partial charge is 0.490 e. The number of nitrogens with zero attached hydrogens (tertiary/aromatic N) is 2. The predicted molar refractivity (Wildman–Crippen MR) is 91.1 cm³/mol. The Kier molecular flexibility index (Phi) is 4.19. The van der Waals surface area contributed by atoms with Gasteiger partial charge in [-0.3, -0.25) is 19.3 Å². The van der Waals surface area contributed by atoms with Crippen LogP contribution in [0.1, 0.15) is 32.1 Å². The van der Waals surface area contributed by atoms with Gasteiger partial charge >= 0.3 is 0 Å². The van der Waals surface area contributed by atoms with Crippen molar-refractivity contribution in [2.75, 3.05) is 24.6 Å². The molecule has 4 rings (SSSR count). The minimum atomic E-state index is -0.152. The molecule has 1 saturated carbocycles. The van der Waals surface area contributed by atoms with Gasteiger partial charge in [0.25, 0.3) is 0 Å². The van der Waals surface area contributed by atoms with E-state index in [2.05, 4.69) is 0 Å². The maximum Gasteiger partial charge on any atom is 0.233 e. The number of benzene rings is 1. The summed E-state index contributed by atoms with van der Waals surface area (Å²) in [5.74, 6) is 0.156. The molecule has 0 aromatic heterocycles. The first-order chi connectivity index (χ1) is 12.2. The van der Waals surface area contributed by atoms with E-state index in [1.165, 1.54) is 4.90 Å². The summed E-state index contributed by atoms with van der Waals surface area (Å²) in [6.07, 6.45) is 3.79. The third kappa shape index (κ3) is 2.79. The Morgan fingerprint density at radius 3 is 2.48 bits per heavy atom. The number of ether oxygens (including phenoxy) is 1. The van der Waals surface area contributed by atoms with Crippen molar-refractivity contribution >= 4 is 23.4 Å². The molecular weight excluding hydrogens is 320 g/mol. The smallest absolute Gasteiger partial charge is 0.233 e. The second-order valence-corrected chi connectivity index (χ2v) is 6.94. The number of rotatable bonds is 3. The van der Waals surface area contributed by atoms with Crippen LogP contribution in [0.15, 0.2) is 24.3 Å². The molecule has 6 heteroatoms. The first-order valence-electron chi connectivity index (χ1n) is 9.04. The van der Waals surface area contributed by atoms with E-state index in [9.17, 15) is 14.4 Å². The quantitative estimate of drug-likeness (QED) is 0.788. The van der Waals surface area contributed by atoms with Crippen LogP contribution in [0.2, 0.25) is 0 Å². The summed E-state index contributed by atoms with van der Waals surface area (Å²) in [5, 5.41) is 0. The fourth-order valence-electron chi connectivity index (χ4n) is 4.22. The van der Waals surface area contributed by atoms with Gasteiger partial charge in [-0.2, -0.15) is 0 Å². The van der Waals surface area contributed by atoms with E-state index in [-0.39, 0.29) is 42.5 Å². The van der Waals surface area contributed by atoms with Crippen LogP contribution in [-0.2, 0) is 14.4 Å². The summed E-state index contributed by atoms with van der Waals surface area (Å²) >= 11 is 0. The van der Waals surface area contributed by atoms with Crippen LogP contribution >= 0.6 is 0 Å². The van der Waals surface area contributed by atoms with Gasteiger partial charge in [0.05, 0.1) is 24.1 Å². The molecule has 1 aromatic carbocycles. The Hall–Kier alpha value is -2.37. The number of carbonyl (C=O) groups is 3. The van der Waals surface area contributed by atoms with Gasteiger partial charge in [-0.25, -0.2) is 0 Å². The molecule has 6 nitrogen and oxygen atoms in total. The monoisotopic (exact) mass is 342 g/mol. The van der Waals surface area contributed by atoms with E-state index in [4.69, 9.17) is 4.74 Å². The summed E-state index contributed by atoms with van der Waals surface area (Å²) < 4.78 is 5.57. The highest BCUT2D eigenvalue weighted by molar-refractivity contribution is 6.05. The maximum atomic E-state index is 12.7. The van der Waals surface area contributed by atoms with E-state index in [1.54, 1.807) is 4.90 Å². The number of hydrogen-bond acceptors (Lipinski definition) is 4. The fraction of sp³-hybridized carbons (Fsp3) is 0.526. The number of amides is 3. The number of carbonyl (C=O) groups excluding carboxylic acids is 3. The molecule has 3 aliphatic rings. The lowest BCUT2D eigenvalue weighted by Gasteiger charge is -2.30. The Bertz CT molecular complexity index is 693. The van der Waals surface area contributed by atoms with Gasteiger partial charge in [0, 0.05) is 13.0 Å². The van der Waals surface area contributed by atoms with Crippen molar-refractivity contribution < 1.29 is 19.1 Å². The highest BCUT2D eigenvalue weighted by Crippen LogP contribution is 2.38. The lowest BCUT2D eigenvalue weighted by atomic mass is 9.81. The molecule has 1 saturated heterocycles. The number of fused-ring (bicyclic) bond motifs is 2. The second-order valence-electron chi connectivity index (χ2n) is 6.94. The van der Waals surface area contributed by atoms with Crippen LogP contribution in [0.25, 0.3) is 0 Å². The van der Waals surface area contributed by atoms with Gasteiger partial charge in [0.15, 0.2) is 0 Å². The van der Waals surface area contributed by atoms with Crippen LogP contribution in [0.3, 0.4) is 0 Å². The van der Waals surface area contributed by atoms with E-state index >= 15 is 0 Å². The van der Waals surface area contributed by atoms with E-state index in [1.807, 2.05) is 24.3 Å². The highest BCUT2D eigenvalue weighted by atomic mass is 16.5. The normalized spacial score (nSPS) is 25.4. The topological polar surface area (TPSA) is 66.9 Å². The number of likely N-dealkylation sites (tertiary alicyclic amines) is 1. The molecule has 0 bridgehead atoms. The molecule has 132 valence electrons. The number of hydrogen-bond donors (Lipinski definition) is 0. The van der Waals surface area contributed by atoms with Gasteiger partial charge in [-0.1, -0.05) is 25.0 Å². The molecule has 0 radical (unpaired) electrons. The van der Waals surface area contributed by atoms with Crippen LogP contribution in [0, 0.1) is 11.8 Å². The second kappa shape index (κ2) is 6.50. The molecule has 2 aliphatic heterocycles. The lowest BCUT2D eigenvalue weighted by molar-refractivity contribution is -0.140. The van der Waals surface area contributed by atoms with E-state index in [0.29, 0.717) is 18.9 Å². The third-order valence-electron chi connectivity index (χ3n) is 5.51. The summed E-state index contributed by atoms with van der Waals surface area (Å²) in [5.41, 5.74) is 0.756. The van der Waals surface area contributed by atoms with Crippen molar-refractivity contribution in [1.29, 1.82) is 0 Å². The Balaban J connectivity index is 1.43. The average molecular weight is 342 g/mol. The summed E-state index contributed by atoms with van der Waals surface area (Å²) in [4.78, 5) is 40.7. The zero-order valence-corrected chi connectivity index (χ0v) is 14.1. The van der Waals surface area contributed by atoms with E-state index < -0.39 is 0 Å². The first-order valence-corrected chi connectivity index (χ1v) is 9.04. The average Bonchev–Trinajstić information content (AvgIpc) is 2.90. The molecular formula is C19H22N2O4. The summed E-state index contributed by atoms with van der Waals surface area (Å²) in [6, 6.07) is 7.43. The van der Waals surface area contributed by atoms with Crippen molar-refractivity contribution in [1.82, 2.24) is 4.90 Å². The molecule has 2 atom stereocenters. The van der Waals surface area contributed by atoms with Gasteiger partial charge in [-0.15, -0.1) is 0 Å². The van der Waals surface area contributed by atoms with Crippen molar-refractivity contribution in [3.05, 3.63) is 24.3 Å². The van der Waals surface area contributed by atoms with Gasteiger partial charge in [0.1, 0.15) is 12.4 Å². The number of imide groups is 1. The summed E-state index contributed by atoms with van der Waals surface area (Å²) in [7, 11) is 0. The van der Waals surface area contributed by atoms with Crippen LogP contribution in [-0.4, -0.2) is 42.3 Å². The third-order valence-corrected chi connectivity index (χ3v) is 5.51. The maximum absolute atomic E-state index is 12.7. The van der Waals surface area contributed by atoms with Gasteiger partial charge in [-0.05, 0) is 25.0 Å². The molecule has 0 spiro atoms. The molecule has 0 unspecified atom stereocenters. The fourth-order valence-corrected chi connectivity index (χ4v) is 4.22. The van der Waals surface area contributed by atoms with Crippen molar-refractivity contribution in [3.63, 3.8) is 0 Å². The molecule has 0 N–H and O–H groups in total. The SMILES string of the molecule is O=C1[C@H]2CCCC[C@H]2C(=O)N1CCC(=O)N1CCOc2ccccc21. The molecule has 3 amide bonds. The van der Waals surface area contributed by atoms with Crippen LogP contribution in [0.4, 0.5) is 5.69 Å². The molecule has 2 fully saturated rings. The standard InChI is InChI=1S/C19H22N2O4/c22-17(20-11-12-25-16-8-4-3-7-15(16)20)9-10-21-18(23)13-5-1-2-6-14(13)19(21)24/h3-4,7-8,13-14H,1-2,5-6,9-12H2/t13-,14+. The molecule has 1 aromatic rings. The molecule has 25 heavy (non-hydrogen) atoms. The van der Waals surface area contributed by atoms with Crippen LogP contribution in [0.5, 0.6) is 5.75 Å². The van der Waals surface area contributed by atoms with Crippen LogP contribution < -0.4 is 9.64 Å². The Morgan fingerprint density at radius 1 is 1.08 bits per heavy atom. The molecule has 2 heterocycles. The van der Waals surface area contributed by atoms with Gasteiger partial charge < -0.3 is 9.64 Å². The van der Waals surface area contributed by atoms with Crippen molar-refractivity contribution in [2.45, 2.75) is 32.1 Å². The Labute approximate surface area is 146 Å². The predicted octanol–water partition coefficient (Wildman–Crippen LogP) is 1.98. The zero-order chi connectivity index (χ0) is 17.4. The summed E-state index contributed by atoms with van der Waals surface area (Å²) in [6.45, 7) is 1.13. The highest BCUT2D eigenvalue weighted by Gasteiger charge is 2.47.